The Morgan fingerprint density at radius 2 is 1.37 bits per heavy atom. The van der Waals surface area contributed by atoms with E-state index in [-0.39, 0.29) is 32.2 Å². The maximum atomic E-state index is 11.8. The van der Waals surface area contributed by atoms with Crippen LogP contribution >= 0.6 is 0 Å². The zero-order chi connectivity index (χ0) is 46.7. The summed E-state index contributed by atoms with van der Waals surface area (Å²) in [6.45, 7) is 12.3. The van der Waals surface area contributed by atoms with Crippen molar-refractivity contribution >= 4 is 11.0 Å². The molecule has 0 spiro atoms. The number of imidazole rings is 1. The Balaban J connectivity index is 0.00000608. The van der Waals surface area contributed by atoms with E-state index in [4.69, 9.17) is 14.1 Å². The molecule has 0 aliphatic rings. The third kappa shape index (κ3) is 8.45. The molecule has 0 aliphatic heterocycles. The fourth-order valence-corrected chi connectivity index (χ4v) is 8.65. The van der Waals surface area contributed by atoms with Crippen molar-refractivity contribution in [3.63, 3.8) is 0 Å². The van der Waals surface area contributed by atoms with Gasteiger partial charge in [0.25, 0.3) is 0 Å². The van der Waals surface area contributed by atoms with Crippen molar-refractivity contribution in [3.05, 3.63) is 192 Å². The van der Waals surface area contributed by atoms with Gasteiger partial charge in [0, 0.05) is 44.1 Å². The largest absolute Gasteiger partial charge is 0.507 e. The molecule has 0 amide bonds. The molecule has 0 saturated heterocycles. The number of benzene rings is 7. The summed E-state index contributed by atoms with van der Waals surface area (Å²) in [6, 6.07) is 54.1. The molecule has 2 heterocycles. The van der Waals surface area contributed by atoms with Crippen LogP contribution in [-0.2, 0) is 26.5 Å². The summed E-state index contributed by atoms with van der Waals surface area (Å²) in [5, 5.41) is 11.8. The maximum absolute atomic E-state index is 11.8. The Hall–Kier alpha value is -6.35. The summed E-state index contributed by atoms with van der Waals surface area (Å²) in [5.41, 5.74) is 16.1. The number of rotatable bonds is 8. The van der Waals surface area contributed by atoms with Crippen molar-refractivity contribution in [1.29, 1.82) is 0 Å². The van der Waals surface area contributed by atoms with Crippen LogP contribution in [-0.4, -0.2) is 19.6 Å². The average molecular weight is 1010 g/mol. The summed E-state index contributed by atoms with van der Waals surface area (Å²) in [4.78, 5) is 10.3. The Morgan fingerprint density at radius 1 is 0.651 bits per heavy atom. The predicted octanol–water partition coefficient (Wildman–Crippen LogP) is 15.3. The van der Waals surface area contributed by atoms with E-state index in [1.807, 2.05) is 88.4 Å². The molecule has 0 radical (unpaired) electrons. The van der Waals surface area contributed by atoms with Crippen LogP contribution in [0.25, 0.3) is 83.9 Å². The minimum absolute atomic E-state index is 0. The van der Waals surface area contributed by atoms with E-state index in [0.717, 1.165) is 83.5 Å². The van der Waals surface area contributed by atoms with E-state index in [2.05, 4.69) is 110 Å². The second-order valence-electron chi connectivity index (χ2n) is 17.5. The van der Waals surface area contributed by atoms with Crippen LogP contribution in [0, 0.1) is 26.8 Å². The minimum Gasteiger partial charge on any atom is -0.507 e. The molecule has 9 aromatic rings. The first-order chi connectivity index (χ1) is 31.3. The van der Waals surface area contributed by atoms with Crippen LogP contribution in [0.3, 0.4) is 0 Å². The molecule has 0 fully saturated rings. The molecule has 9 rings (SSSR count). The SMILES string of the molecule is [2H]C([2H])([2H])c1ccc(-c2ccnc(-c3[c-]c(-c4cccc5c4nc(-c4cc(C)cc(C)c4O)n5-c4ccc(-c5ccccc5C(C)(C)C)c(C([2H])(C)C)c4)cc(-c4ccccc4)c3)c2)cc1.[Pt]. The molecule has 0 saturated carbocycles. The molecule has 0 aliphatic carbocycles. The number of phenolic OH excluding ortho intramolecular Hbond substituents is 1. The first-order valence-corrected chi connectivity index (χ1v) is 21.1. The summed E-state index contributed by atoms with van der Waals surface area (Å²) in [6.07, 6.45) is 1.77. The Bertz CT molecular complexity index is 3290. The number of hydrogen-bond donors (Lipinski definition) is 1. The van der Waals surface area contributed by atoms with Gasteiger partial charge in [-0.25, -0.2) is 4.98 Å². The molecule has 63 heavy (non-hydrogen) atoms. The van der Waals surface area contributed by atoms with E-state index in [1.165, 1.54) is 5.56 Å². The molecule has 0 atom stereocenters. The van der Waals surface area contributed by atoms with Gasteiger partial charge in [-0.2, -0.15) is 0 Å². The Kier molecular flexibility index (Phi) is 10.6. The van der Waals surface area contributed by atoms with Crippen molar-refractivity contribution in [1.82, 2.24) is 14.5 Å². The van der Waals surface area contributed by atoms with Crippen molar-refractivity contribution in [2.45, 2.75) is 66.6 Å². The van der Waals surface area contributed by atoms with Crippen molar-refractivity contribution in [2.75, 3.05) is 0 Å². The van der Waals surface area contributed by atoms with Gasteiger partial charge in [-0.3, -0.25) is 9.55 Å². The van der Waals surface area contributed by atoms with E-state index in [9.17, 15) is 6.48 Å². The topological polar surface area (TPSA) is 50.9 Å². The van der Waals surface area contributed by atoms with Crippen LogP contribution in [0.1, 0.15) is 73.8 Å². The number of aromatic hydroxyl groups is 1. The minimum atomic E-state index is -2.19. The van der Waals surface area contributed by atoms with E-state index in [0.29, 0.717) is 22.6 Å². The molecule has 0 unspecified atom stereocenters. The van der Waals surface area contributed by atoms with Gasteiger partial charge in [0.1, 0.15) is 11.6 Å². The van der Waals surface area contributed by atoms with Crippen LogP contribution in [0.4, 0.5) is 0 Å². The smallest absolute Gasteiger partial charge is 0.148 e. The third-order valence-electron chi connectivity index (χ3n) is 11.7. The second-order valence-corrected chi connectivity index (χ2v) is 17.5. The fraction of sp³-hybridized carbons (Fsp3) is 0.172. The zero-order valence-corrected chi connectivity index (χ0v) is 38.9. The number of pyridine rings is 1. The van der Waals surface area contributed by atoms with E-state index >= 15 is 0 Å². The Morgan fingerprint density at radius 3 is 2.11 bits per heavy atom. The van der Waals surface area contributed by atoms with Gasteiger partial charge >= 0.3 is 0 Å². The zero-order valence-electron chi connectivity index (χ0n) is 40.6. The first-order valence-electron chi connectivity index (χ1n) is 23.1. The quantitative estimate of drug-likeness (QED) is 0.154. The molecule has 4 nitrogen and oxygen atoms in total. The molecule has 7 aromatic carbocycles. The van der Waals surface area contributed by atoms with Crippen LogP contribution in [0.2, 0.25) is 0 Å². The number of para-hydroxylation sites is 1. The molecule has 0 bridgehead atoms. The van der Waals surface area contributed by atoms with Gasteiger partial charge in [0.15, 0.2) is 0 Å². The standard InChI is InChI=1S/C58H52N3O.Pt/c1-36(2)50-35-46(25-26-48(50)49-17-12-13-19-52(49)58(6,7)8)61-54-20-14-18-47(55(54)60-57(61)51-30-38(4)29-39(5)56(51)62)44-31-43(40-15-10-9-11-16-40)32-45(33-44)53-34-42(27-28-59-53)41-23-21-37(3)22-24-41;/h9-32,34-36,62H,1-8H3;/q-1;/i3D3,36D;. The van der Waals surface area contributed by atoms with Crippen LogP contribution in [0.5, 0.6) is 5.75 Å². The molecular formula is C58H52N3OPt-. The van der Waals surface area contributed by atoms with Gasteiger partial charge in [-0.1, -0.05) is 166 Å². The van der Waals surface area contributed by atoms with Crippen LogP contribution in [0.15, 0.2) is 158 Å². The average Bonchev–Trinajstić information content (AvgIpc) is 3.69. The third-order valence-corrected chi connectivity index (χ3v) is 11.7. The number of aromatic nitrogens is 3. The number of nitrogens with zero attached hydrogens (tertiary/aromatic N) is 3. The maximum Gasteiger partial charge on any atom is 0.148 e. The molecule has 316 valence electrons. The monoisotopic (exact) mass is 1010 g/mol. The van der Waals surface area contributed by atoms with E-state index < -0.39 is 12.7 Å². The fourth-order valence-electron chi connectivity index (χ4n) is 8.65. The van der Waals surface area contributed by atoms with Crippen molar-refractivity contribution < 1.29 is 31.7 Å². The predicted molar refractivity (Wildman–Crippen MR) is 259 cm³/mol. The van der Waals surface area contributed by atoms with Crippen molar-refractivity contribution in [3.8, 4) is 78.6 Å². The molecule has 1 N–H and O–H groups in total. The van der Waals surface area contributed by atoms with Gasteiger partial charge < -0.3 is 5.11 Å². The second kappa shape index (κ2) is 17.4. The first kappa shape index (κ1) is 38.3. The van der Waals surface area contributed by atoms with Crippen LogP contribution < -0.4 is 0 Å². The van der Waals surface area contributed by atoms with Gasteiger partial charge in [-0.05, 0) is 112 Å². The van der Waals surface area contributed by atoms with Crippen molar-refractivity contribution in [2.24, 2.45) is 0 Å². The summed E-state index contributed by atoms with van der Waals surface area (Å²) in [5.74, 6) is -0.221. The van der Waals surface area contributed by atoms with Gasteiger partial charge in [0.05, 0.1) is 16.6 Å². The summed E-state index contributed by atoms with van der Waals surface area (Å²) < 4.78 is 35.1. The molecule has 2 aromatic heterocycles. The normalized spacial score (nSPS) is 12.9. The summed E-state index contributed by atoms with van der Waals surface area (Å²) >= 11 is 0. The number of hydrogen-bond acceptors (Lipinski definition) is 3. The number of phenols is 1. The number of fused-ring (bicyclic) bond motifs is 1. The molecule has 5 heteroatoms. The van der Waals surface area contributed by atoms with Gasteiger partial charge in [0.2, 0.25) is 0 Å². The van der Waals surface area contributed by atoms with Gasteiger partial charge in [-0.15, -0.1) is 23.8 Å². The summed E-state index contributed by atoms with van der Waals surface area (Å²) in [7, 11) is 0. The molecular weight excluding hydrogens is 950 g/mol. The number of aryl methyl sites for hydroxylation is 3. The Labute approximate surface area is 392 Å². The van der Waals surface area contributed by atoms with E-state index in [1.54, 1.807) is 18.3 Å².